The van der Waals surface area contributed by atoms with Crippen molar-refractivity contribution < 1.29 is 10.0 Å². The molecule has 0 aliphatic heterocycles. The zero-order valence-corrected chi connectivity index (χ0v) is 11.4. The highest BCUT2D eigenvalue weighted by Gasteiger charge is 2.15. The zero-order chi connectivity index (χ0) is 14.4. The molecule has 6 nitrogen and oxygen atoms in total. The maximum atomic E-state index is 12.0. The minimum absolute atomic E-state index is 0.0216. The lowest BCUT2D eigenvalue weighted by atomic mass is 9.89. The van der Waals surface area contributed by atoms with Gasteiger partial charge in [-0.25, -0.2) is 0 Å². The fourth-order valence-electron chi connectivity index (χ4n) is 2.46. The van der Waals surface area contributed by atoms with Gasteiger partial charge in [0, 0.05) is 18.3 Å². The molecule has 4 N–H and O–H groups in total. The molecule has 1 aliphatic carbocycles. The summed E-state index contributed by atoms with van der Waals surface area (Å²) < 4.78 is 0. The Morgan fingerprint density at radius 3 is 2.75 bits per heavy atom. The number of nitrogens with one attached hydrogen (secondary N) is 1. The lowest BCUT2D eigenvalue weighted by molar-refractivity contribution is 0.0938. The molecule has 0 spiro atoms. The maximum Gasteiger partial charge on any atom is 0.269 e. The highest BCUT2D eigenvalue weighted by molar-refractivity contribution is 5.98. The monoisotopic (exact) mass is 276 g/mol. The first-order valence-electron chi connectivity index (χ1n) is 6.93. The molecule has 20 heavy (non-hydrogen) atoms. The van der Waals surface area contributed by atoms with Gasteiger partial charge >= 0.3 is 0 Å². The second-order valence-electron chi connectivity index (χ2n) is 5.13. The molecule has 1 heterocycles. The van der Waals surface area contributed by atoms with E-state index in [1.165, 1.54) is 38.3 Å². The number of amidine groups is 1. The first-order chi connectivity index (χ1) is 9.70. The summed E-state index contributed by atoms with van der Waals surface area (Å²) in [6.45, 7) is 0.711. The van der Waals surface area contributed by atoms with E-state index in [1.807, 2.05) is 0 Å². The SMILES string of the molecule is NC(=NO)c1ccc(C(=O)NCC2CCCCC2)nc1. The van der Waals surface area contributed by atoms with E-state index in [1.54, 1.807) is 12.1 Å². The largest absolute Gasteiger partial charge is 0.409 e. The van der Waals surface area contributed by atoms with Crippen LogP contribution in [0.1, 0.15) is 48.2 Å². The summed E-state index contributed by atoms with van der Waals surface area (Å²) in [5.41, 5.74) is 6.26. The van der Waals surface area contributed by atoms with Crippen molar-refractivity contribution in [3.8, 4) is 0 Å². The van der Waals surface area contributed by atoms with Gasteiger partial charge in [0.1, 0.15) is 5.69 Å². The van der Waals surface area contributed by atoms with Crippen molar-refractivity contribution in [2.24, 2.45) is 16.8 Å². The maximum absolute atomic E-state index is 12.0. The Morgan fingerprint density at radius 1 is 1.40 bits per heavy atom. The molecule has 0 atom stereocenters. The number of carbonyl (C=O) groups is 1. The van der Waals surface area contributed by atoms with Gasteiger partial charge in [-0.2, -0.15) is 0 Å². The predicted molar refractivity (Wildman–Crippen MR) is 75.7 cm³/mol. The van der Waals surface area contributed by atoms with Crippen LogP contribution in [0.3, 0.4) is 0 Å². The lowest BCUT2D eigenvalue weighted by Gasteiger charge is -2.21. The predicted octanol–water partition coefficient (Wildman–Crippen LogP) is 1.49. The third-order valence-corrected chi connectivity index (χ3v) is 3.68. The fraction of sp³-hybridized carbons (Fsp3) is 0.500. The molecule has 1 fully saturated rings. The van der Waals surface area contributed by atoms with Crippen LogP contribution < -0.4 is 11.1 Å². The summed E-state index contributed by atoms with van der Waals surface area (Å²) in [7, 11) is 0. The molecule has 1 amide bonds. The van der Waals surface area contributed by atoms with Gasteiger partial charge in [0.25, 0.3) is 5.91 Å². The van der Waals surface area contributed by atoms with Crippen molar-refractivity contribution in [2.75, 3.05) is 6.54 Å². The average Bonchev–Trinajstić information content (AvgIpc) is 2.53. The van der Waals surface area contributed by atoms with Gasteiger partial charge in [-0.15, -0.1) is 0 Å². The number of nitrogens with zero attached hydrogens (tertiary/aromatic N) is 2. The summed E-state index contributed by atoms with van der Waals surface area (Å²) in [5, 5.41) is 14.4. The Labute approximate surface area is 118 Å². The van der Waals surface area contributed by atoms with E-state index in [-0.39, 0.29) is 11.7 Å². The van der Waals surface area contributed by atoms with Crippen LogP contribution in [0.2, 0.25) is 0 Å². The number of oxime groups is 1. The van der Waals surface area contributed by atoms with Crippen LogP contribution in [-0.2, 0) is 0 Å². The van der Waals surface area contributed by atoms with Crippen molar-refractivity contribution in [2.45, 2.75) is 32.1 Å². The quantitative estimate of drug-likeness (QED) is 0.335. The van der Waals surface area contributed by atoms with Crippen LogP contribution in [0.5, 0.6) is 0 Å². The number of pyridine rings is 1. The highest BCUT2D eigenvalue weighted by Crippen LogP contribution is 2.22. The molecule has 1 aromatic heterocycles. The summed E-state index contributed by atoms with van der Waals surface area (Å²) in [6, 6.07) is 3.18. The van der Waals surface area contributed by atoms with Crippen molar-refractivity contribution in [1.29, 1.82) is 0 Å². The standard InChI is InChI=1S/C14H20N4O2/c15-13(18-20)11-6-7-12(16-9-11)14(19)17-8-10-4-2-1-3-5-10/h6-7,9-10,20H,1-5,8H2,(H2,15,18)(H,17,19). The van der Waals surface area contributed by atoms with E-state index in [2.05, 4.69) is 15.5 Å². The number of hydrogen-bond acceptors (Lipinski definition) is 4. The van der Waals surface area contributed by atoms with Crippen molar-refractivity contribution in [3.63, 3.8) is 0 Å². The Bertz CT molecular complexity index is 478. The Hall–Kier alpha value is -2.11. The first-order valence-corrected chi connectivity index (χ1v) is 6.93. The Balaban J connectivity index is 1.88. The summed E-state index contributed by atoms with van der Waals surface area (Å²) in [4.78, 5) is 16.0. The van der Waals surface area contributed by atoms with Gasteiger partial charge in [0.2, 0.25) is 0 Å². The van der Waals surface area contributed by atoms with Crippen LogP contribution in [0.25, 0.3) is 0 Å². The van der Waals surface area contributed by atoms with Crippen molar-refractivity contribution in [3.05, 3.63) is 29.6 Å². The normalized spacial score (nSPS) is 16.9. The molecule has 108 valence electrons. The van der Waals surface area contributed by atoms with E-state index in [4.69, 9.17) is 10.9 Å². The van der Waals surface area contributed by atoms with Gasteiger partial charge < -0.3 is 16.3 Å². The summed E-state index contributed by atoms with van der Waals surface area (Å²) >= 11 is 0. The average molecular weight is 276 g/mol. The number of rotatable bonds is 4. The van der Waals surface area contributed by atoms with Gasteiger partial charge in [-0.3, -0.25) is 9.78 Å². The topological polar surface area (TPSA) is 101 Å². The van der Waals surface area contributed by atoms with Gasteiger partial charge in [0.05, 0.1) is 0 Å². The molecule has 6 heteroatoms. The second-order valence-corrected chi connectivity index (χ2v) is 5.13. The molecule has 0 bridgehead atoms. The van der Waals surface area contributed by atoms with Crippen LogP contribution in [-0.4, -0.2) is 28.5 Å². The van der Waals surface area contributed by atoms with Crippen molar-refractivity contribution in [1.82, 2.24) is 10.3 Å². The molecule has 0 unspecified atom stereocenters. The Morgan fingerprint density at radius 2 is 2.15 bits per heavy atom. The number of nitrogens with two attached hydrogens (primary N) is 1. The molecular formula is C14H20N4O2. The summed E-state index contributed by atoms with van der Waals surface area (Å²) in [6.07, 6.45) is 7.62. The molecule has 2 rings (SSSR count). The third-order valence-electron chi connectivity index (χ3n) is 3.68. The third kappa shape index (κ3) is 3.69. The molecular weight excluding hydrogens is 256 g/mol. The van der Waals surface area contributed by atoms with Gasteiger partial charge in [-0.05, 0) is 30.9 Å². The van der Waals surface area contributed by atoms with Gasteiger partial charge in [-0.1, -0.05) is 24.4 Å². The summed E-state index contributed by atoms with van der Waals surface area (Å²) in [5.74, 6) is 0.387. The van der Waals surface area contributed by atoms with E-state index in [0.717, 1.165) is 0 Å². The number of aromatic nitrogens is 1. The molecule has 1 saturated carbocycles. The second kappa shape index (κ2) is 6.88. The number of hydrogen-bond donors (Lipinski definition) is 3. The van der Waals surface area contributed by atoms with Crippen LogP contribution >= 0.6 is 0 Å². The smallest absolute Gasteiger partial charge is 0.269 e. The van der Waals surface area contributed by atoms with E-state index >= 15 is 0 Å². The van der Waals surface area contributed by atoms with E-state index < -0.39 is 0 Å². The molecule has 1 aliphatic rings. The number of amides is 1. The van der Waals surface area contributed by atoms with Gasteiger partial charge in [0.15, 0.2) is 5.84 Å². The highest BCUT2D eigenvalue weighted by atomic mass is 16.4. The van der Waals surface area contributed by atoms with E-state index in [9.17, 15) is 4.79 Å². The van der Waals surface area contributed by atoms with Crippen LogP contribution in [0, 0.1) is 5.92 Å². The molecule has 0 aromatic carbocycles. The zero-order valence-electron chi connectivity index (χ0n) is 11.4. The van der Waals surface area contributed by atoms with Crippen LogP contribution in [0.15, 0.2) is 23.5 Å². The molecule has 0 saturated heterocycles. The van der Waals surface area contributed by atoms with Crippen molar-refractivity contribution >= 4 is 11.7 Å². The molecule has 1 aromatic rings. The molecule has 0 radical (unpaired) electrons. The fourth-order valence-corrected chi connectivity index (χ4v) is 2.46. The minimum Gasteiger partial charge on any atom is -0.409 e. The lowest BCUT2D eigenvalue weighted by Crippen LogP contribution is -2.30. The number of carbonyl (C=O) groups excluding carboxylic acids is 1. The Kier molecular flexibility index (Phi) is 4.92. The van der Waals surface area contributed by atoms with Crippen LogP contribution in [0.4, 0.5) is 0 Å². The first kappa shape index (κ1) is 14.3. The minimum atomic E-state index is -0.179. The van der Waals surface area contributed by atoms with E-state index in [0.29, 0.717) is 23.7 Å².